The molecule has 0 aromatic rings. The quantitative estimate of drug-likeness (QED) is 0.542. The summed E-state index contributed by atoms with van der Waals surface area (Å²) in [7, 11) is 0. The summed E-state index contributed by atoms with van der Waals surface area (Å²) in [4.78, 5) is 0. The van der Waals surface area contributed by atoms with E-state index in [1.807, 2.05) is 0 Å². The zero-order valence-electron chi connectivity index (χ0n) is 10.5. The highest BCUT2D eigenvalue weighted by molar-refractivity contribution is 5.13. The number of hydrogen-bond donors (Lipinski definition) is 0. The lowest BCUT2D eigenvalue weighted by molar-refractivity contribution is 0.201. The summed E-state index contributed by atoms with van der Waals surface area (Å²) in [6.45, 7) is 11.2. The molecule has 2 rings (SSSR count). The van der Waals surface area contributed by atoms with Crippen molar-refractivity contribution in [1.29, 1.82) is 0 Å². The summed E-state index contributed by atoms with van der Waals surface area (Å²) < 4.78 is 0. The first-order chi connectivity index (χ1) is 7.03. The maximum absolute atomic E-state index is 4.19. The summed E-state index contributed by atoms with van der Waals surface area (Å²) in [5.74, 6) is 1.69. The predicted octanol–water partition coefficient (Wildman–Crippen LogP) is 4.73. The van der Waals surface area contributed by atoms with E-state index in [0.29, 0.717) is 5.41 Å². The molecule has 0 saturated heterocycles. The highest BCUT2D eigenvalue weighted by Crippen LogP contribution is 2.54. The largest absolute Gasteiger partial charge is 0.0999 e. The molecule has 0 aliphatic heterocycles. The third kappa shape index (κ3) is 1.91. The normalized spacial score (nSPS) is 40.6. The van der Waals surface area contributed by atoms with Crippen molar-refractivity contribution in [2.45, 2.75) is 52.9 Å². The second-order valence-electron chi connectivity index (χ2n) is 6.05. The average molecular weight is 204 g/mol. The van der Waals surface area contributed by atoms with Gasteiger partial charge < -0.3 is 0 Å². The lowest BCUT2D eigenvalue weighted by Gasteiger charge is -2.32. The van der Waals surface area contributed by atoms with Crippen molar-refractivity contribution in [2.75, 3.05) is 0 Å². The highest BCUT2D eigenvalue weighted by Gasteiger charge is 2.44. The summed E-state index contributed by atoms with van der Waals surface area (Å²) in [6, 6.07) is 0. The Bertz CT molecular complexity index is 297. The number of hydrogen-bond acceptors (Lipinski definition) is 0. The molecule has 0 bridgehead atoms. The Morgan fingerprint density at radius 3 is 2.87 bits per heavy atom. The first-order valence-electron chi connectivity index (χ1n) is 6.34. The van der Waals surface area contributed by atoms with Gasteiger partial charge in [-0.1, -0.05) is 30.7 Å². The summed E-state index contributed by atoms with van der Waals surface area (Å²) in [5, 5.41) is 0. The minimum atomic E-state index is 0.571. The maximum Gasteiger partial charge on any atom is -0.0175 e. The van der Waals surface area contributed by atoms with Crippen LogP contribution in [-0.4, -0.2) is 0 Å². The topological polar surface area (TPSA) is 0 Å². The molecular weight excluding hydrogens is 180 g/mol. The van der Waals surface area contributed by atoms with Gasteiger partial charge in [0.25, 0.3) is 0 Å². The van der Waals surface area contributed by atoms with Crippen molar-refractivity contribution in [3.8, 4) is 0 Å². The van der Waals surface area contributed by atoms with Crippen molar-refractivity contribution in [2.24, 2.45) is 17.3 Å². The van der Waals surface area contributed by atoms with E-state index in [1.54, 1.807) is 5.57 Å². The van der Waals surface area contributed by atoms with E-state index in [9.17, 15) is 0 Å². The molecule has 0 radical (unpaired) electrons. The molecule has 1 saturated carbocycles. The molecule has 0 heteroatoms. The summed E-state index contributed by atoms with van der Waals surface area (Å²) >= 11 is 0. The van der Waals surface area contributed by atoms with Gasteiger partial charge in [0.05, 0.1) is 0 Å². The van der Waals surface area contributed by atoms with Crippen LogP contribution in [0.5, 0.6) is 0 Å². The zero-order chi connectivity index (χ0) is 11.1. The van der Waals surface area contributed by atoms with Gasteiger partial charge in [-0.25, -0.2) is 0 Å². The van der Waals surface area contributed by atoms with Gasteiger partial charge in [-0.05, 0) is 63.2 Å². The van der Waals surface area contributed by atoms with E-state index >= 15 is 0 Å². The van der Waals surface area contributed by atoms with Gasteiger partial charge in [-0.3, -0.25) is 0 Å². The fraction of sp³-hybridized carbons (Fsp3) is 0.733. The first kappa shape index (κ1) is 11.0. The summed E-state index contributed by atoms with van der Waals surface area (Å²) in [5.41, 5.74) is 3.59. The molecule has 1 unspecified atom stereocenters. The van der Waals surface area contributed by atoms with Crippen LogP contribution >= 0.6 is 0 Å². The van der Waals surface area contributed by atoms with Crippen LogP contribution < -0.4 is 0 Å². The van der Waals surface area contributed by atoms with Crippen molar-refractivity contribution in [1.82, 2.24) is 0 Å². The van der Waals surface area contributed by atoms with Crippen LogP contribution in [0.3, 0.4) is 0 Å². The fourth-order valence-electron chi connectivity index (χ4n) is 3.64. The molecule has 84 valence electrons. The summed E-state index contributed by atoms with van der Waals surface area (Å²) in [6.07, 6.45) is 9.26. The van der Waals surface area contributed by atoms with Gasteiger partial charge in [0, 0.05) is 0 Å². The van der Waals surface area contributed by atoms with Crippen LogP contribution in [0.25, 0.3) is 0 Å². The molecule has 0 nitrogen and oxygen atoms in total. The minimum absolute atomic E-state index is 0.571. The van der Waals surface area contributed by atoms with Gasteiger partial charge in [-0.15, -0.1) is 0 Å². The average Bonchev–Trinajstić information content (AvgIpc) is 2.43. The molecule has 0 heterocycles. The maximum atomic E-state index is 4.19. The van der Waals surface area contributed by atoms with Crippen LogP contribution in [0.4, 0.5) is 0 Å². The Morgan fingerprint density at radius 2 is 2.20 bits per heavy atom. The molecule has 0 aromatic heterocycles. The second-order valence-corrected chi connectivity index (χ2v) is 6.05. The molecule has 0 aromatic carbocycles. The third-order valence-corrected chi connectivity index (χ3v) is 4.81. The van der Waals surface area contributed by atoms with Gasteiger partial charge in [0.2, 0.25) is 0 Å². The number of fused-ring (bicyclic) bond motifs is 1. The lowest BCUT2D eigenvalue weighted by Crippen LogP contribution is -2.24. The fourth-order valence-corrected chi connectivity index (χ4v) is 3.64. The van der Waals surface area contributed by atoms with E-state index in [1.165, 1.54) is 37.7 Å². The molecule has 0 amide bonds. The van der Waals surface area contributed by atoms with Crippen molar-refractivity contribution in [3.05, 3.63) is 23.8 Å². The van der Waals surface area contributed by atoms with Crippen LogP contribution in [0, 0.1) is 17.3 Å². The van der Waals surface area contributed by atoms with Gasteiger partial charge in [-0.2, -0.15) is 0 Å². The Hall–Kier alpha value is -0.520. The van der Waals surface area contributed by atoms with Crippen molar-refractivity contribution in [3.63, 3.8) is 0 Å². The van der Waals surface area contributed by atoms with Gasteiger partial charge >= 0.3 is 0 Å². The van der Waals surface area contributed by atoms with E-state index < -0.39 is 0 Å². The van der Waals surface area contributed by atoms with Crippen LogP contribution in [0.2, 0.25) is 0 Å². The standard InChI is InChI=1S/C15H24/c1-11(2)13-8-10-15(4)9-7-12(3)5-6-14(13)15/h7,13-14H,1,5-6,8-10H2,2-4H3/t13?,14-,15-/m0/s1. The lowest BCUT2D eigenvalue weighted by atomic mass is 9.72. The first-order valence-corrected chi connectivity index (χ1v) is 6.34. The minimum Gasteiger partial charge on any atom is -0.0999 e. The Balaban J connectivity index is 2.22. The predicted molar refractivity (Wildman–Crippen MR) is 66.7 cm³/mol. The number of allylic oxidation sites excluding steroid dienone is 3. The SMILES string of the molecule is C=C(C)C1CC[C@]2(C)CC=C(C)CC[C@@H]12. The molecule has 0 N–H and O–H groups in total. The van der Waals surface area contributed by atoms with Gasteiger partial charge in [0.1, 0.15) is 0 Å². The van der Waals surface area contributed by atoms with E-state index in [-0.39, 0.29) is 0 Å². The van der Waals surface area contributed by atoms with E-state index in [0.717, 1.165) is 11.8 Å². The van der Waals surface area contributed by atoms with Crippen LogP contribution in [0.1, 0.15) is 52.9 Å². The smallest absolute Gasteiger partial charge is 0.0175 e. The van der Waals surface area contributed by atoms with Crippen LogP contribution in [0.15, 0.2) is 23.8 Å². The molecule has 1 fully saturated rings. The van der Waals surface area contributed by atoms with Crippen molar-refractivity contribution < 1.29 is 0 Å². The Morgan fingerprint density at radius 1 is 1.47 bits per heavy atom. The Kier molecular flexibility index (Phi) is 2.79. The van der Waals surface area contributed by atoms with Crippen molar-refractivity contribution >= 4 is 0 Å². The van der Waals surface area contributed by atoms with E-state index in [4.69, 9.17) is 0 Å². The third-order valence-electron chi connectivity index (χ3n) is 4.81. The molecule has 2 aliphatic carbocycles. The molecule has 15 heavy (non-hydrogen) atoms. The van der Waals surface area contributed by atoms with E-state index in [2.05, 4.69) is 33.4 Å². The molecule has 2 aliphatic rings. The Labute approximate surface area is 94.5 Å². The zero-order valence-corrected chi connectivity index (χ0v) is 10.5. The molecular formula is C15H24. The molecule has 0 spiro atoms. The second kappa shape index (κ2) is 3.81. The molecule has 3 atom stereocenters. The monoisotopic (exact) mass is 204 g/mol. The highest BCUT2D eigenvalue weighted by atomic mass is 14.5. The number of rotatable bonds is 1. The van der Waals surface area contributed by atoms with Crippen LogP contribution in [-0.2, 0) is 0 Å². The van der Waals surface area contributed by atoms with Gasteiger partial charge in [0.15, 0.2) is 0 Å².